The van der Waals surface area contributed by atoms with Gasteiger partial charge in [-0.25, -0.2) is 0 Å². The molecule has 8 nitrogen and oxygen atoms in total. The molecule has 29 heavy (non-hydrogen) atoms. The molecule has 0 saturated heterocycles. The average molecular weight is 442 g/mol. The second-order valence-electron chi connectivity index (χ2n) is 5.96. The third kappa shape index (κ3) is 9.82. The zero-order valence-corrected chi connectivity index (χ0v) is 20.2. The molecule has 10 heteroatoms. The highest BCUT2D eigenvalue weighted by Crippen LogP contribution is 2.17. The zero-order chi connectivity index (χ0) is 22.2. The van der Waals surface area contributed by atoms with Gasteiger partial charge < -0.3 is 25.4 Å². The Hall–Kier alpha value is -2.04. The first kappa shape index (κ1) is 27.0. The van der Waals surface area contributed by atoms with Crippen molar-refractivity contribution in [2.75, 3.05) is 33.9 Å². The molecule has 0 fully saturated rings. The van der Waals surface area contributed by atoms with Crippen molar-refractivity contribution in [2.24, 2.45) is 10.2 Å². The maximum atomic E-state index is 5.19. The largest absolute Gasteiger partial charge is 0.383 e. The van der Waals surface area contributed by atoms with Gasteiger partial charge in [-0.3, -0.25) is 5.43 Å². The highest BCUT2D eigenvalue weighted by Gasteiger charge is 2.17. The molecule has 0 aromatic carbocycles. The van der Waals surface area contributed by atoms with Crippen molar-refractivity contribution in [2.45, 2.75) is 41.2 Å². The van der Waals surface area contributed by atoms with Gasteiger partial charge in [0.15, 0.2) is 5.11 Å². The normalized spacial score (nSPS) is 11.3. The Morgan fingerprint density at radius 1 is 1.24 bits per heavy atom. The maximum absolute atomic E-state index is 5.19. The molecule has 4 N–H and O–H groups in total. The van der Waals surface area contributed by atoms with E-state index in [-0.39, 0.29) is 0 Å². The van der Waals surface area contributed by atoms with Crippen LogP contribution in [0.4, 0.5) is 0 Å². The van der Waals surface area contributed by atoms with Gasteiger partial charge in [-0.15, -0.1) is 0 Å². The Morgan fingerprint density at radius 3 is 2.41 bits per heavy atom. The van der Waals surface area contributed by atoms with E-state index in [1.54, 1.807) is 14.2 Å². The highest BCUT2D eigenvalue weighted by molar-refractivity contribution is 7.80. The van der Waals surface area contributed by atoms with Gasteiger partial charge in [-0.2, -0.15) is 10.2 Å². The first-order valence-corrected chi connectivity index (χ1v) is 10.4. The summed E-state index contributed by atoms with van der Waals surface area (Å²) in [5.74, 6) is 0. The fourth-order valence-electron chi connectivity index (χ4n) is 2.51. The molecule has 1 aromatic rings. The fraction of sp³-hybridized carbons (Fsp3) is 0.579. The van der Waals surface area contributed by atoms with Crippen LogP contribution in [0.1, 0.15) is 37.7 Å². The number of hydrazone groups is 2. The Bertz CT molecular complexity index is 699. The standard InChI is InChI=1S/C16H28N6OS.C3H7NS/c1-7-18-16(24)21-20-15(12(3)19-17-5)14-10-11(2)22(13(14)4)8-9-23-6;1-2-4-3-5/h10,17H,7-9H2,1-6H3,(H2,18,21,24);3H,2H2,1H3,(H,4,5)/b19-12+,20-15-;. The lowest BCUT2D eigenvalue weighted by Gasteiger charge is -2.11. The average Bonchev–Trinajstić information content (AvgIpc) is 2.95. The molecule has 1 aromatic heterocycles. The summed E-state index contributed by atoms with van der Waals surface area (Å²) in [7, 11) is 3.47. The van der Waals surface area contributed by atoms with Gasteiger partial charge in [0.05, 0.1) is 17.8 Å². The predicted octanol–water partition coefficient (Wildman–Crippen LogP) is 2.09. The molecule has 0 aliphatic carbocycles. The molecule has 1 rings (SSSR count). The van der Waals surface area contributed by atoms with Crippen LogP contribution in [0.2, 0.25) is 0 Å². The molecule has 0 unspecified atom stereocenters. The summed E-state index contributed by atoms with van der Waals surface area (Å²) in [6.07, 6.45) is 0. The van der Waals surface area contributed by atoms with E-state index >= 15 is 0 Å². The van der Waals surface area contributed by atoms with Crippen LogP contribution in [0.5, 0.6) is 0 Å². The summed E-state index contributed by atoms with van der Waals surface area (Å²) in [5.41, 5.74) is 12.0. The van der Waals surface area contributed by atoms with Gasteiger partial charge in [0, 0.05) is 50.7 Å². The topological polar surface area (TPSA) is 87.0 Å². The first-order chi connectivity index (χ1) is 13.9. The van der Waals surface area contributed by atoms with Crippen LogP contribution in [-0.4, -0.2) is 60.4 Å². The third-order valence-electron chi connectivity index (χ3n) is 3.86. The van der Waals surface area contributed by atoms with E-state index in [4.69, 9.17) is 17.0 Å². The molecule has 0 spiro atoms. The van der Waals surface area contributed by atoms with Crippen molar-refractivity contribution >= 4 is 46.5 Å². The summed E-state index contributed by atoms with van der Waals surface area (Å²) >= 11 is 9.60. The van der Waals surface area contributed by atoms with Crippen molar-refractivity contribution in [3.05, 3.63) is 23.0 Å². The van der Waals surface area contributed by atoms with Crippen LogP contribution in [0, 0.1) is 13.8 Å². The van der Waals surface area contributed by atoms with Gasteiger partial charge in [0.25, 0.3) is 0 Å². The Morgan fingerprint density at radius 2 is 1.93 bits per heavy atom. The molecule has 0 aliphatic heterocycles. The van der Waals surface area contributed by atoms with Crippen molar-refractivity contribution in [3.8, 4) is 0 Å². The molecular formula is C19H35N7OS2. The zero-order valence-electron chi connectivity index (χ0n) is 18.5. The van der Waals surface area contributed by atoms with E-state index in [0.29, 0.717) is 11.7 Å². The quantitative estimate of drug-likeness (QED) is 0.251. The van der Waals surface area contributed by atoms with Gasteiger partial charge in [0.1, 0.15) is 5.71 Å². The lowest BCUT2D eigenvalue weighted by molar-refractivity contribution is 0.186. The molecule has 0 atom stereocenters. The summed E-state index contributed by atoms with van der Waals surface area (Å²) in [5, 5.41) is 15.0. The lowest BCUT2D eigenvalue weighted by Crippen LogP contribution is -2.33. The molecular weight excluding hydrogens is 406 g/mol. The molecule has 0 aliphatic rings. The van der Waals surface area contributed by atoms with Crippen LogP contribution in [0.3, 0.4) is 0 Å². The third-order valence-corrected chi connectivity index (χ3v) is 4.27. The van der Waals surface area contributed by atoms with E-state index in [1.165, 1.54) is 5.49 Å². The SMILES string of the molecule is CCNC(=S)N/N=C(/C(C)=N/NC)c1cc(C)n(CCOC)c1C.CCNC=S. The maximum Gasteiger partial charge on any atom is 0.186 e. The molecule has 0 amide bonds. The van der Waals surface area contributed by atoms with Crippen LogP contribution in [0.25, 0.3) is 0 Å². The lowest BCUT2D eigenvalue weighted by atomic mass is 10.1. The van der Waals surface area contributed by atoms with E-state index < -0.39 is 0 Å². The number of nitrogens with zero attached hydrogens (tertiary/aromatic N) is 3. The Balaban J connectivity index is 0.00000139. The van der Waals surface area contributed by atoms with Crippen molar-refractivity contribution in [3.63, 3.8) is 0 Å². The number of methoxy groups -OCH3 is 1. The van der Waals surface area contributed by atoms with Crippen molar-refractivity contribution in [1.82, 2.24) is 26.1 Å². The van der Waals surface area contributed by atoms with Crippen LogP contribution in [0.15, 0.2) is 16.3 Å². The molecule has 1 heterocycles. The number of ether oxygens (including phenoxy) is 1. The van der Waals surface area contributed by atoms with Crippen molar-refractivity contribution < 1.29 is 4.74 Å². The number of hydrogen-bond acceptors (Lipinski definition) is 6. The van der Waals surface area contributed by atoms with Gasteiger partial charge in [-0.1, -0.05) is 12.2 Å². The summed E-state index contributed by atoms with van der Waals surface area (Å²) < 4.78 is 7.41. The summed E-state index contributed by atoms with van der Waals surface area (Å²) in [6.45, 7) is 13.2. The van der Waals surface area contributed by atoms with Crippen LogP contribution < -0.4 is 21.5 Å². The Labute approximate surface area is 185 Å². The minimum Gasteiger partial charge on any atom is -0.383 e. The van der Waals surface area contributed by atoms with E-state index in [9.17, 15) is 0 Å². The second-order valence-corrected chi connectivity index (χ2v) is 6.60. The molecule has 0 bridgehead atoms. The smallest absolute Gasteiger partial charge is 0.186 e. The summed E-state index contributed by atoms with van der Waals surface area (Å²) in [4.78, 5) is 0. The van der Waals surface area contributed by atoms with E-state index in [0.717, 1.165) is 48.0 Å². The summed E-state index contributed by atoms with van der Waals surface area (Å²) in [6, 6.07) is 2.11. The van der Waals surface area contributed by atoms with Crippen LogP contribution in [-0.2, 0) is 11.3 Å². The minimum atomic E-state index is 0.487. The van der Waals surface area contributed by atoms with Crippen molar-refractivity contribution in [1.29, 1.82) is 0 Å². The molecule has 0 saturated carbocycles. The molecule has 0 radical (unpaired) electrons. The minimum absolute atomic E-state index is 0.487. The number of rotatable bonds is 10. The number of nitrogens with one attached hydrogen (secondary N) is 4. The highest BCUT2D eigenvalue weighted by atomic mass is 32.1. The second kappa shape index (κ2) is 15.8. The number of aryl methyl sites for hydroxylation is 1. The van der Waals surface area contributed by atoms with Gasteiger partial charge in [0.2, 0.25) is 0 Å². The van der Waals surface area contributed by atoms with Gasteiger partial charge >= 0.3 is 0 Å². The predicted molar refractivity (Wildman–Crippen MR) is 131 cm³/mol. The monoisotopic (exact) mass is 441 g/mol. The van der Waals surface area contributed by atoms with Gasteiger partial charge in [-0.05, 0) is 52.9 Å². The first-order valence-electron chi connectivity index (χ1n) is 9.53. The van der Waals surface area contributed by atoms with E-state index in [1.807, 2.05) is 20.8 Å². The number of hydrogen-bond donors (Lipinski definition) is 4. The molecule has 164 valence electrons. The fourth-order valence-corrected chi connectivity index (χ4v) is 2.87. The Kier molecular flexibility index (Phi) is 14.7. The van der Waals surface area contributed by atoms with E-state index in [2.05, 4.69) is 68.4 Å². The number of thiocarbonyl (C=S) groups is 2. The number of aromatic nitrogens is 1. The van der Waals surface area contributed by atoms with Crippen LogP contribution >= 0.6 is 24.4 Å².